The van der Waals surface area contributed by atoms with Gasteiger partial charge in [-0.15, -0.1) is 21.5 Å². The zero-order chi connectivity index (χ0) is 21.4. The molecule has 6 nitrogen and oxygen atoms in total. The maximum absolute atomic E-state index is 6.25. The van der Waals surface area contributed by atoms with Gasteiger partial charge in [0, 0.05) is 9.90 Å². The van der Waals surface area contributed by atoms with Crippen LogP contribution in [-0.2, 0) is 0 Å². The molecule has 0 saturated carbocycles. The highest BCUT2D eigenvalue weighted by atomic mass is 35.5. The number of hydrogen-bond acceptors (Lipinski definition) is 8. The van der Waals surface area contributed by atoms with Crippen molar-refractivity contribution in [1.29, 1.82) is 0 Å². The molecule has 5 aromatic rings. The third-order valence-electron chi connectivity index (χ3n) is 4.41. The van der Waals surface area contributed by atoms with Gasteiger partial charge < -0.3 is 9.15 Å². The number of hydrogen-bond donors (Lipinski definition) is 0. The third-order valence-corrected chi connectivity index (χ3v) is 7.10. The van der Waals surface area contributed by atoms with Crippen molar-refractivity contribution in [2.75, 3.05) is 7.11 Å². The summed E-state index contributed by atoms with van der Waals surface area (Å²) in [5.74, 6) is 1.13. The Kier molecular flexibility index (Phi) is 5.54. The maximum atomic E-state index is 6.25. The summed E-state index contributed by atoms with van der Waals surface area (Å²) in [6.45, 7) is 0. The van der Waals surface area contributed by atoms with Gasteiger partial charge in [-0.05, 0) is 65.9 Å². The number of aromatic nitrogens is 4. The topological polar surface area (TPSA) is 73.9 Å². The second-order valence-electron chi connectivity index (χ2n) is 6.33. The van der Waals surface area contributed by atoms with E-state index in [2.05, 4.69) is 20.2 Å². The smallest absolute Gasteiger partial charge is 0.283 e. The first-order valence-electron chi connectivity index (χ1n) is 8.96. The number of benzene rings is 2. The summed E-state index contributed by atoms with van der Waals surface area (Å²) in [5.41, 5.74) is 2.56. The van der Waals surface area contributed by atoms with Gasteiger partial charge in [-0.2, -0.15) is 0 Å². The SMILES string of the molecule is COc1ccc(-c2cc3ncnc(Sc4nnc(-c5ccc(Cl)cc5Cl)o4)c3s2)cc1. The molecule has 5 rings (SSSR count). The average Bonchev–Trinajstić information content (AvgIpc) is 3.41. The molecule has 3 aromatic heterocycles. The molecule has 31 heavy (non-hydrogen) atoms. The predicted molar refractivity (Wildman–Crippen MR) is 123 cm³/mol. The lowest BCUT2D eigenvalue weighted by molar-refractivity contribution is 0.415. The van der Waals surface area contributed by atoms with Gasteiger partial charge in [0.2, 0.25) is 5.89 Å². The van der Waals surface area contributed by atoms with E-state index < -0.39 is 0 Å². The highest BCUT2D eigenvalue weighted by Gasteiger charge is 2.17. The molecule has 0 aliphatic carbocycles. The Balaban J connectivity index is 1.45. The van der Waals surface area contributed by atoms with Gasteiger partial charge in [0.05, 0.1) is 27.9 Å². The molecule has 0 atom stereocenters. The highest BCUT2D eigenvalue weighted by molar-refractivity contribution is 7.99. The molecule has 0 unspecified atom stereocenters. The number of rotatable bonds is 5. The first kappa shape index (κ1) is 20.3. The molecule has 0 bridgehead atoms. The largest absolute Gasteiger partial charge is 0.497 e. The number of ether oxygens (including phenoxy) is 1. The van der Waals surface area contributed by atoms with Crippen molar-refractivity contribution in [3.63, 3.8) is 0 Å². The number of nitrogens with zero attached hydrogens (tertiary/aromatic N) is 4. The summed E-state index contributed by atoms with van der Waals surface area (Å²) < 4.78 is 12.0. The first-order valence-corrected chi connectivity index (χ1v) is 11.4. The average molecular weight is 487 g/mol. The van der Waals surface area contributed by atoms with Gasteiger partial charge in [-0.25, -0.2) is 9.97 Å². The van der Waals surface area contributed by atoms with E-state index in [1.807, 2.05) is 30.3 Å². The molecule has 0 spiro atoms. The van der Waals surface area contributed by atoms with Gasteiger partial charge in [-0.3, -0.25) is 0 Å². The molecule has 0 aliphatic rings. The highest BCUT2D eigenvalue weighted by Crippen LogP contribution is 2.40. The summed E-state index contributed by atoms with van der Waals surface area (Å²) in [6.07, 6.45) is 1.53. The molecule has 0 saturated heterocycles. The van der Waals surface area contributed by atoms with Crippen LogP contribution in [0.4, 0.5) is 0 Å². The van der Waals surface area contributed by atoms with E-state index in [-0.39, 0.29) is 0 Å². The van der Waals surface area contributed by atoms with Crippen LogP contribution in [-0.4, -0.2) is 27.3 Å². The lowest BCUT2D eigenvalue weighted by Crippen LogP contribution is -1.82. The molecule has 0 aliphatic heterocycles. The number of thiophene rings is 1. The molecule has 0 amide bonds. The summed E-state index contributed by atoms with van der Waals surface area (Å²) in [5, 5.41) is 10.3. The van der Waals surface area contributed by atoms with Gasteiger partial charge in [0.15, 0.2) is 0 Å². The lowest BCUT2D eigenvalue weighted by atomic mass is 10.2. The van der Waals surface area contributed by atoms with E-state index in [9.17, 15) is 0 Å². The Hall–Kier alpha value is -2.65. The Labute approximate surface area is 195 Å². The zero-order valence-corrected chi connectivity index (χ0v) is 19.0. The van der Waals surface area contributed by atoms with Crippen molar-refractivity contribution in [1.82, 2.24) is 20.2 Å². The van der Waals surface area contributed by atoms with Crippen LogP contribution in [0.15, 0.2) is 69.5 Å². The minimum Gasteiger partial charge on any atom is -0.497 e. The minimum absolute atomic E-state index is 0.319. The standard InChI is InChI=1S/C21H12Cl2N4O2S2/c1-28-13-5-2-11(3-6-13)17-9-16-18(30-17)20(25-10-24-16)31-21-27-26-19(29-21)14-7-4-12(22)8-15(14)23/h2-10H,1H3. The van der Waals surface area contributed by atoms with E-state index in [4.69, 9.17) is 32.4 Å². The molecular weight excluding hydrogens is 475 g/mol. The van der Waals surface area contributed by atoms with Crippen LogP contribution in [0.25, 0.3) is 32.1 Å². The van der Waals surface area contributed by atoms with Crippen LogP contribution in [0.5, 0.6) is 5.75 Å². The number of fused-ring (bicyclic) bond motifs is 1. The van der Waals surface area contributed by atoms with E-state index in [0.29, 0.717) is 26.7 Å². The molecule has 2 aromatic carbocycles. The second-order valence-corrected chi connectivity index (χ2v) is 9.17. The minimum atomic E-state index is 0.319. The quantitative estimate of drug-likeness (QED) is 0.250. The Morgan fingerprint density at radius 2 is 1.84 bits per heavy atom. The zero-order valence-electron chi connectivity index (χ0n) is 15.9. The third kappa shape index (κ3) is 4.12. The van der Waals surface area contributed by atoms with Crippen molar-refractivity contribution in [2.45, 2.75) is 10.2 Å². The van der Waals surface area contributed by atoms with Crippen LogP contribution in [0.2, 0.25) is 10.0 Å². The van der Waals surface area contributed by atoms with Crippen LogP contribution >= 0.6 is 46.3 Å². The molecule has 0 radical (unpaired) electrons. The Morgan fingerprint density at radius 1 is 1.00 bits per heavy atom. The van der Waals surface area contributed by atoms with E-state index in [1.54, 1.807) is 36.6 Å². The summed E-state index contributed by atoms with van der Waals surface area (Å²) in [4.78, 5) is 9.90. The van der Waals surface area contributed by atoms with E-state index in [1.165, 1.54) is 18.1 Å². The lowest BCUT2D eigenvalue weighted by Gasteiger charge is -2.00. The van der Waals surface area contributed by atoms with Crippen LogP contribution in [0, 0.1) is 0 Å². The van der Waals surface area contributed by atoms with Gasteiger partial charge in [0.1, 0.15) is 17.1 Å². The Morgan fingerprint density at radius 3 is 2.61 bits per heavy atom. The maximum Gasteiger partial charge on any atom is 0.283 e. The predicted octanol–water partition coefficient (Wildman–Crippen LogP) is 6.87. The monoisotopic (exact) mass is 486 g/mol. The fraction of sp³-hybridized carbons (Fsp3) is 0.0476. The first-order chi connectivity index (χ1) is 15.1. The molecule has 154 valence electrons. The van der Waals surface area contributed by atoms with Gasteiger partial charge in [-0.1, -0.05) is 23.2 Å². The van der Waals surface area contributed by atoms with E-state index in [0.717, 1.165) is 31.4 Å². The van der Waals surface area contributed by atoms with Crippen molar-refractivity contribution in [3.8, 4) is 27.6 Å². The van der Waals surface area contributed by atoms with Crippen molar-refractivity contribution >= 4 is 56.5 Å². The molecule has 10 heteroatoms. The van der Waals surface area contributed by atoms with Crippen LogP contribution in [0.1, 0.15) is 0 Å². The molecule has 3 heterocycles. The van der Waals surface area contributed by atoms with E-state index >= 15 is 0 Å². The van der Waals surface area contributed by atoms with Crippen molar-refractivity contribution in [3.05, 3.63) is 64.9 Å². The fourth-order valence-electron chi connectivity index (χ4n) is 2.91. The number of methoxy groups -OCH3 is 1. The second kappa shape index (κ2) is 8.47. The fourth-order valence-corrected chi connectivity index (χ4v) is 5.31. The molecular formula is C21H12Cl2N4O2S2. The van der Waals surface area contributed by atoms with Crippen molar-refractivity contribution < 1.29 is 9.15 Å². The van der Waals surface area contributed by atoms with Crippen LogP contribution in [0.3, 0.4) is 0 Å². The summed E-state index contributed by atoms with van der Waals surface area (Å²) >= 11 is 15.1. The van der Waals surface area contributed by atoms with Crippen molar-refractivity contribution in [2.24, 2.45) is 0 Å². The summed E-state index contributed by atoms with van der Waals surface area (Å²) in [7, 11) is 1.65. The normalized spacial score (nSPS) is 11.2. The van der Waals surface area contributed by atoms with Gasteiger partial charge in [0.25, 0.3) is 5.22 Å². The summed E-state index contributed by atoms with van der Waals surface area (Å²) in [6, 6.07) is 15.0. The number of halogens is 2. The van der Waals surface area contributed by atoms with Gasteiger partial charge >= 0.3 is 0 Å². The molecule has 0 N–H and O–H groups in total. The molecule has 0 fully saturated rings. The van der Waals surface area contributed by atoms with Crippen LogP contribution < -0.4 is 4.74 Å². The Bertz CT molecular complexity index is 1390.